The molecule has 0 aliphatic carbocycles. The van der Waals surface area contributed by atoms with Crippen molar-refractivity contribution in [1.82, 2.24) is 4.90 Å². The van der Waals surface area contributed by atoms with Crippen LogP contribution in [0, 0.1) is 0 Å². The van der Waals surface area contributed by atoms with Crippen LogP contribution in [0.2, 0.25) is 4.34 Å². The van der Waals surface area contributed by atoms with E-state index in [1.807, 2.05) is 19.1 Å². The molecule has 0 spiro atoms. The Morgan fingerprint density at radius 3 is 2.94 bits per heavy atom. The van der Waals surface area contributed by atoms with Crippen molar-refractivity contribution in [2.24, 2.45) is 5.73 Å². The molecule has 0 radical (unpaired) electrons. The lowest BCUT2D eigenvalue weighted by Gasteiger charge is -2.40. The number of morpholine rings is 1. The number of ether oxygens (including phenoxy) is 1. The lowest BCUT2D eigenvalue weighted by molar-refractivity contribution is -0.105. The minimum atomic E-state index is -0.127. The maximum atomic E-state index is 9.25. The third-order valence-corrected chi connectivity index (χ3v) is 4.48. The first-order valence-corrected chi connectivity index (χ1v) is 7.29. The van der Waals surface area contributed by atoms with E-state index in [9.17, 15) is 5.11 Å². The highest BCUT2D eigenvalue weighted by Gasteiger charge is 2.30. The number of aliphatic hydroxyl groups excluding tert-OH is 1. The Hall–Kier alpha value is -0.170. The molecule has 1 aromatic heterocycles. The molecule has 3 N–H and O–H groups in total. The fourth-order valence-corrected chi connectivity index (χ4v) is 3.60. The fraction of sp³-hybridized carbons (Fsp3) is 0.667. The maximum absolute atomic E-state index is 9.25. The largest absolute Gasteiger partial charge is 0.394 e. The van der Waals surface area contributed by atoms with Gasteiger partial charge in [0.15, 0.2) is 0 Å². The summed E-state index contributed by atoms with van der Waals surface area (Å²) in [6.07, 6.45) is -0.0152. The van der Waals surface area contributed by atoms with E-state index in [0.29, 0.717) is 13.1 Å². The standard InChI is InChI=1S/C12H19ClN2O2S/c1-8-5-15(6-9(7-16)17-8)10(4-14)11-2-3-12(13)18-11/h2-3,8-10,16H,4-7,14H2,1H3. The molecule has 6 heteroatoms. The van der Waals surface area contributed by atoms with Gasteiger partial charge in [-0.1, -0.05) is 11.6 Å². The van der Waals surface area contributed by atoms with Gasteiger partial charge in [0.25, 0.3) is 0 Å². The van der Waals surface area contributed by atoms with Crippen molar-refractivity contribution >= 4 is 22.9 Å². The third-order valence-electron chi connectivity index (χ3n) is 3.14. The monoisotopic (exact) mass is 290 g/mol. The molecule has 1 saturated heterocycles. The van der Waals surface area contributed by atoms with Crippen LogP contribution in [0.15, 0.2) is 12.1 Å². The number of hydrogen-bond donors (Lipinski definition) is 2. The van der Waals surface area contributed by atoms with Crippen LogP contribution in [0.1, 0.15) is 17.8 Å². The number of rotatable bonds is 4. The molecule has 18 heavy (non-hydrogen) atoms. The molecular formula is C12H19ClN2O2S. The molecule has 102 valence electrons. The Morgan fingerprint density at radius 1 is 1.61 bits per heavy atom. The van der Waals surface area contributed by atoms with E-state index in [0.717, 1.165) is 10.9 Å². The summed E-state index contributed by atoms with van der Waals surface area (Å²) in [6.45, 7) is 4.14. The predicted octanol–water partition coefficient (Wildman–Crippen LogP) is 1.48. The third kappa shape index (κ3) is 3.23. The number of halogens is 1. The summed E-state index contributed by atoms with van der Waals surface area (Å²) in [5.41, 5.74) is 5.90. The molecule has 3 atom stereocenters. The Balaban J connectivity index is 2.11. The van der Waals surface area contributed by atoms with Gasteiger partial charge in [0.2, 0.25) is 0 Å². The Morgan fingerprint density at radius 2 is 2.39 bits per heavy atom. The van der Waals surface area contributed by atoms with Gasteiger partial charge in [-0.05, 0) is 19.1 Å². The number of thiophene rings is 1. The van der Waals surface area contributed by atoms with Crippen LogP contribution in [0.3, 0.4) is 0 Å². The first kappa shape index (κ1) is 14.2. The summed E-state index contributed by atoms with van der Waals surface area (Å²) in [4.78, 5) is 3.45. The van der Waals surface area contributed by atoms with Crippen molar-refractivity contribution in [3.63, 3.8) is 0 Å². The molecule has 1 aliphatic rings. The first-order valence-electron chi connectivity index (χ1n) is 6.09. The van der Waals surface area contributed by atoms with E-state index in [1.165, 1.54) is 4.88 Å². The van der Waals surface area contributed by atoms with Crippen LogP contribution in [0.25, 0.3) is 0 Å². The normalized spacial score (nSPS) is 27.3. The summed E-state index contributed by atoms with van der Waals surface area (Å²) in [7, 11) is 0. The van der Waals surface area contributed by atoms with Gasteiger partial charge < -0.3 is 15.6 Å². The summed E-state index contributed by atoms with van der Waals surface area (Å²) in [5, 5.41) is 9.25. The van der Waals surface area contributed by atoms with Crippen molar-refractivity contribution in [3.8, 4) is 0 Å². The molecule has 2 heterocycles. The highest BCUT2D eigenvalue weighted by molar-refractivity contribution is 7.16. The fourth-order valence-electron chi connectivity index (χ4n) is 2.39. The zero-order valence-corrected chi connectivity index (χ0v) is 12.0. The van der Waals surface area contributed by atoms with Crippen LogP contribution in [0.4, 0.5) is 0 Å². The van der Waals surface area contributed by atoms with Crippen LogP contribution >= 0.6 is 22.9 Å². The number of nitrogens with two attached hydrogens (primary N) is 1. The van der Waals surface area contributed by atoms with Gasteiger partial charge in [-0.3, -0.25) is 4.90 Å². The molecule has 4 nitrogen and oxygen atoms in total. The molecule has 0 saturated carbocycles. The van der Waals surface area contributed by atoms with Crippen LogP contribution in [0.5, 0.6) is 0 Å². The van der Waals surface area contributed by atoms with Crippen molar-refractivity contribution in [1.29, 1.82) is 0 Å². The average Bonchev–Trinajstić information content (AvgIpc) is 2.76. The molecule has 2 rings (SSSR count). The van der Waals surface area contributed by atoms with Gasteiger partial charge in [0, 0.05) is 24.5 Å². The van der Waals surface area contributed by atoms with E-state index in [-0.39, 0.29) is 24.9 Å². The molecule has 1 aromatic rings. The Kier molecular flexibility index (Phi) is 5.00. The SMILES string of the molecule is CC1CN(C(CN)c2ccc(Cl)s2)CC(CO)O1. The van der Waals surface area contributed by atoms with Crippen LogP contribution in [-0.4, -0.2) is 48.5 Å². The van der Waals surface area contributed by atoms with Gasteiger partial charge in [-0.2, -0.15) is 0 Å². The van der Waals surface area contributed by atoms with Gasteiger partial charge in [0.05, 0.1) is 29.2 Å². The molecule has 0 amide bonds. The predicted molar refractivity (Wildman–Crippen MR) is 74.1 cm³/mol. The van der Waals surface area contributed by atoms with Crippen LogP contribution in [-0.2, 0) is 4.74 Å². The highest BCUT2D eigenvalue weighted by atomic mass is 35.5. The van der Waals surface area contributed by atoms with Crippen molar-refractivity contribution in [3.05, 3.63) is 21.3 Å². The number of aliphatic hydroxyl groups is 1. The molecule has 1 aliphatic heterocycles. The van der Waals surface area contributed by atoms with Crippen LogP contribution < -0.4 is 5.73 Å². The molecule has 0 bridgehead atoms. The van der Waals surface area contributed by atoms with Crippen molar-refractivity contribution in [2.45, 2.75) is 25.2 Å². The second-order valence-electron chi connectivity index (χ2n) is 4.60. The Bertz CT molecular complexity index is 388. The van der Waals surface area contributed by atoms with E-state index in [2.05, 4.69) is 4.90 Å². The van der Waals surface area contributed by atoms with Gasteiger partial charge in [0.1, 0.15) is 0 Å². The first-order chi connectivity index (χ1) is 8.63. The topological polar surface area (TPSA) is 58.7 Å². The molecule has 1 fully saturated rings. The van der Waals surface area contributed by atoms with E-state index in [1.54, 1.807) is 11.3 Å². The van der Waals surface area contributed by atoms with Gasteiger partial charge >= 0.3 is 0 Å². The zero-order valence-electron chi connectivity index (χ0n) is 10.4. The summed E-state index contributed by atoms with van der Waals surface area (Å²) >= 11 is 7.54. The number of nitrogens with zero attached hydrogens (tertiary/aromatic N) is 1. The van der Waals surface area contributed by atoms with E-state index in [4.69, 9.17) is 22.1 Å². The molecular weight excluding hydrogens is 272 g/mol. The van der Waals surface area contributed by atoms with Crippen molar-refractivity contribution in [2.75, 3.05) is 26.2 Å². The summed E-state index contributed by atoms with van der Waals surface area (Å²) < 4.78 is 6.43. The van der Waals surface area contributed by atoms with E-state index < -0.39 is 0 Å². The average molecular weight is 291 g/mol. The minimum absolute atomic E-state index is 0.0450. The second kappa shape index (κ2) is 6.32. The zero-order chi connectivity index (χ0) is 13.1. The molecule has 3 unspecified atom stereocenters. The highest BCUT2D eigenvalue weighted by Crippen LogP contribution is 2.31. The van der Waals surface area contributed by atoms with Gasteiger partial charge in [-0.15, -0.1) is 11.3 Å². The quantitative estimate of drug-likeness (QED) is 0.882. The van der Waals surface area contributed by atoms with Gasteiger partial charge in [-0.25, -0.2) is 0 Å². The lowest BCUT2D eigenvalue weighted by atomic mass is 10.1. The smallest absolute Gasteiger partial charge is 0.0936 e. The maximum Gasteiger partial charge on any atom is 0.0936 e. The van der Waals surface area contributed by atoms with E-state index >= 15 is 0 Å². The lowest BCUT2D eigenvalue weighted by Crippen LogP contribution is -2.50. The summed E-state index contributed by atoms with van der Waals surface area (Å²) in [6, 6.07) is 4.08. The Labute approximate surface area is 116 Å². The minimum Gasteiger partial charge on any atom is -0.394 e. The summed E-state index contributed by atoms with van der Waals surface area (Å²) in [5.74, 6) is 0. The number of hydrogen-bond acceptors (Lipinski definition) is 5. The van der Waals surface area contributed by atoms with Crippen molar-refractivity contribution < 1.29 is 9.84 Å². The second-order valence-corrected chi connectivity index (χ2v) is 6.35. The molecule has 0 aromatic carbocycles.